The van der Waals surface area contributed by atoms with Crippen molar-refractivity contribution in [3.05, 3.63) is 29.8 Å². The second kappa shape index (κ2) is 6.55. The lowest BCUT2D eigenvalue weighted by atomic mass is 10.0. The van der Waals surface area contributed by atoms with Crippen LogP contribution in [0, 0.1) is 25.2 Å². The van der Waals surface area contributed by atoms with Crippen LogP contribution in [0.5, 0.6) is 0 Å². The number of rotatable bonds is 5. The summed E-state index contributed by atoms with van der Waals surface area (Å²) in [4.78, 5) is 11.7. The molecule has 0 bridgehead atoms. The predicted octanol–water partition coefficient (Wildman–Crippen LogP) is 1.08. The first kappa shape index (κ1) is 16.2. The molecule has 0 fully saturated rings. The number of esters is 1. The van der Waals surface area contributed by atoms with E-state index in [-0.39, 0.29) is 4.90 Å². The highest BCUT2D eigenvalue weighted by molar-refractivity contribution is 7.89. The third-order valence-electron chi connectivity index (χ3n) is 2.83. The first-order valence-electron chi connectivity index (χ1n) is 5.94. The minimum Gasteiger partial charge on any atom is -0.468 e. The lowest BCUT2D eigenvalue weighted by molar-refractivity contribution is -0.143. The topological polar surface area (TPSA) is 72.5 Å². The van der Waals surface area contributed by atoms with Gasteiger partial charge in [-0.05, 0) is 26.0 Å². The predicted molar refractivity (Wildman–Crippen MR) is 75.3 cm³/mol. The molecule has 0 saturated carbocycles. The van der Waals surface area contributed by atoms with Gasteiger partial charge in [0.15, 0.2) is 0 Å². The van der Waals surface area contributed by atoms with E-state index in [1.54, 1.807) is 19.1 Å². The van der Waals surface area contributed by atoms with Crippen LogP contribution in [-0.4, -0.2) is 27.5 Å². The molecule has 0 spiro atoms. The first-order chi connectivity index (χ1) is 9.31. The number of ether oxygens (including phenoxy) is 1. The maximum atomic E-state index is 12.2. The van der Waals surface area contributed by atoms with Crippen LogP contribution in [0.1, 0.15) is 12.5 Å². The fourth-order valence-electron chi connectivity index (χ4n) is 1.53. The molecule has 1 aromatic carbocycles. The molecule has 0 unspecified atom stereocenters. The Labute approximate surface area is 119 Å². The van der Waals surface area contributed by atoms with Crippen LogP contribution in [0.4, 0.5) is 0 Å². The smallest absolute Gasteiger partial charge is 0.325 e. The number of methoxy groups -OCH3 is 1. The number of terminal acetylenes is 1. The van der Waals surface area contributed by atoms with E-state index in [0.717, 1.165) is 5.56 Å². The van der Waals surface area contributed by atoms with Gasteiger partial charge in [0.2, 0.25) is 10.0 Å². The molecule has 1 aromatic rings. The first-order valence-corrected chi connectivity index (χ1v) is 7.43. The molecular weight excluding hydrogens is 278 g/mol. The van der Waals surface area contributed by atoms with Crippen molar-refractivity contribution in [2.45, 2.75) is 24.8 Å². The molecule has 20 heavy (non-hydrogen) atoms. The molecule has 0 radical (unpaired) electrons. The second-order valence-electron chi connectivity index (χ2n) is 4.39. The average Bonchev–Trinajstić information content (AvgIpc) is 2.43. The molecule has 2 atom stereocenters. The van der Waals surface area contributed by atoms with Crippen molar-refractivity contribution in [2.75, 3.05) is 7.11 Å². The van der Waals surface area contributed by atoms with Crippen LogP contribution >= 0.6 is 0 Å². The van der Waals surface area contributed by atoms with Gasteiger partial charge in [0.25, 0.3) is 0 Å². The molecule has 5 nitrogen and oxygen atoms in total. The van der Waals surface area contributed by atoms with E-state index in [1.165, 1.54) is 19.2 Å². The Bertz CT molecular complexity index is 614. The summed E-state index contributed by atoms with van der Waals surface area (Å²) in [5, 5.41) is 0. The highest BCUT2D eigenvalue weighted by Crippen LogP contribution is 2.13. The van der Waals surface area contributed by atoms with E-state index in [2.05, 4.69) is 15.4 Å². The summed E-state index contributed by atoms with van der Waals surface area (Å²) in [6, 6.07) is 5.16. The minimum absolute atomic E-state index is 0.0706. The fourth-order valence-corrected chi connectivity index (χ4v) is 2.80. The molecule has 1 N–H and O–H groups in total. The molecule has 1 rings (SSSR count). The monoisotopic (exact) mass is 295 g/mol. The summed E-state index contributed by atoms with van der Waals surface area (Å²) in [6.45, 7) is 3.42. The van der Waals surface area contributed by atoms with E-state index in [9.17, 15) is 13.2 Å². The fraction of sp³-hybridized carbons (Fsp3) is 0.357. The summed E-state index contributed by atoms with van der Waals surface area (Å²) in [5.74, 6) is 0.997. The van der Waals surface area contributed by atoms with E-state index < -0.39 is 28.0 Å². The highest BCUT2D eigenvalue weighted by atomic mass is 32.2. The van der Waals surface area contributed by atoms with Crippen molar-refractivity contribution >= 4 is 16.0 Å². The van der Waals surface area contributed by atoms with Gasteiger partial charge in [-0.25, -0.2) is 8.42 Å². The van der Waals surface area contributed by atoms with E-state index >= 15 is 0 Å². The van der Waals surface area contributed by atoms with Gasteiger partial charge >= 0.3 is 5.97 Å². The number of benzene rings is 1. The van der Waals surface area contributed by atoms with Gasteiger partial charge < -0.3 is 4.74 Å². The molecule has 0 saturated heterocycles. The van der Waals surface area contributed by atoms with Gasteiger partial charge in [0, 0.05) is 5.92 Å². The van der Waals surface area contributed by atoms with E-state index in [0.29, 0.717) is 0 Å². The molecule has 0 aromatic heterocycles. The van der Waals surface area contributed by atoms with Crippen molar-refractivity contribution in [3.8, 4) is 12.3 Å². The Hall–Kier alpha value is -1.84. The van der Waals surface area contributed by atoms with Crippen LogP contribution in [0.25, 0.3) is 0 Å². The van der Waals surface area contributed by atoms with Gasteiger partial charge in [0.05, 0.1) is 12.0 Å². The zero-order chi connectivity index (χ0) is 15.3. The molecule has 6 heteroatoms. The number of aryl methyl sites for hydroxylation is 1. The Morgan fingerprint density at radius 2 is 1.90 bits per heavy atom. The van der Waals surface area contributed by atoms with Crippen molar-refractivity contribution in [3.63, 3.8) is 0 Å². The van der Waals surface area contributed by atoms with Crippen LogP contribution < -0.4 is 4.72 Å². The van der Waals surface area contributed by atoms with Crippen molar-refractivity contribution in [1.29, 1.82) is 0 Å². The van der Waals surface area contributed by atoms with Gasteiger partial charge in [-0.2, -0.15) is 4.72 Å². The number of hydrogen-bond donors (Lipinski definition) is 1. The Morgan fingerprint density at radius 1 is 1.35 bits per heavy atom. The maximum Gasteiger partial charge on any atom is 0.325 e. The standard InChI is InChI=1S/C14H17NO4S/c1-5-11(3)13(14(16)19-4)15-20(17,18)12-8-6-10(2)7-9-12/h1,6-9,11,13,15H,2-4H3/t11-,13-/m0/s1. The normalized spacial score (nSPS) is 14.1. The molecule has 0 aliphatic carbocycles. The molecule has 0 heterocycles. The Kier molecular flexibility index (Phi) is 5.31. The Morgan fingerprint density at radius 3 is 2.35 bits per heavy atom. The zero-order valence-electron chi connectivity index (χ0n) is 11.6. The van der Waals surface area contributed by atoms with Gasteiger partial charge in [-0.1, -0.05) is 17.7 Å². The van der Waals surface area contributed by atoms with E-state index in [1.807, 2.05) is 6.92 Å². The van der Waals surface area contributed by atoms with Crippen LogP contribution in [0.3, 0.4) is 0 Å². The molecular formula is C14H17NO4S. The third kappa shape index (κ3) is 3.83. The van der Waals surface area contributed by atoms with Gasteiger partial charge in [-0.3, -0.25) is 4.79 Å². The SMILES string of the molecule is C#C[C@H](C)[C@H](NS(=O)(=O)c1ccc(C)cc1)C(=O)OC. The number of sulfonamides is 1. The number of nitrogens with one attached hydrogen (secondary N) is 1. The zero-order valence-corrected chi connectivity index (χ0v) is 12.4. The highest BCUT2D eigenvalue weighted by Gasteiger charge is 2.30. The number of hydrogen-bond acceptors (Lipinski definition) is 4. The summed E-state index contributed by atoms with van der Waals surface area (Å²) in [7, 11) is -2.65. The van der Waals surface area contributed by atoms with Crippen LogP contribution in [0.15, 0.2) is 29.2 Å². The molecule has 108 valence electrons. The molecule has 0 amide bonds. The van der Waals surface area contributed by atoms with Crippen molar-refractivity contribution < 1.29 is 17.9 Å². The quantitative estimate of drug-likeness (QED) is 0.652. The summed E-state index contributed by atoms with van der Waals surface area (Å²) in [5.41, 5.74) is 0.936. The minimum atomic E-state index is -3.83. The summed E-state index contributed by atoms with van der Waals surface area (Å²) in [6.07, 6.45) is 5.25. The van der Waals surface area contributed by atoms with Gasteiger partial charge in [-0.15, -0.1) is 12.3 Å². The second-order valence-corrected chi connectivity index (χ2v) is 6.10. The number of carbonyl (C=O) groups is 1. The van der Waals surface area contributed by atoms with E-state index in [4.69, 9.17) is 6.42 Å². The van der Waals surface area contributed by atoms with Crippen LogP contribution in [0.2, 0.25) is 0 Å². The third-order valence-corrected chi connectivity index (χ3v) is 4.29. The summed E-state index contributed by atoms with van der Waals surface area (Å²) < 4.78 is 31.3. The number of carbonyl (C=O) groups excluding carboxylic acids is 1. The largest absolute Gasteiger partial charge is 0.468 e. The average molecular weight is 295 g/mol. The molecule has 0 aliphatic heterocycles. The van der Waals surface area contributed by atoms with Gasteiger partial charge in [0.1, 0.15) is 6.04 Å². The van der Waals surface area contributed by atoms with Crippen LogP contribution in [-0.2, 0) is 19.6 Å². The van der Waals surface area contributed by atoms with Crippen molar-refractivity contribution in [2.24, 2.45) is 5.92 Å². The lowest BCUT2D eigenvalue weighted by Crippen LogP contribution is -2.45. The lowest BCUT2D eigenvalue weighted by Gasteiger charge is -2.19. The maximum absolute atomic E-state index is 12.2. The van der Waals surface area contributed by atoms with Crippen molar-refractivity contribution in [1.82, 2.24) is 4.72 Å². The summed E-state index contributed by atoms with van der Waals surface area (Å²) >= 11 is 0. The molecule has 0 aliphatic rings. The Balaban J connectivity index is 3.06.